The highest BCUT2D eigenvalue weighted by Gasteiger charge is 2.44. The fourth-order valence-electron chi connectivity index (χ4n) is 8.01. The minimum Gasteiger partial charge on any atom is -0.444 e. The molecule has 6 aromatic rings. The lowest BCUT2D eigenvalue weighted by Crippen LogP contribution is -2.41. The molecule has 0 unspecified atom stereocenters. The van der Waals surface area contributed by atoms with Crippen molar-refractivity contribution in [3.05, 3.63) is 87.7 Å². The number of rotatable bonds is 8. The molecule has 8 rings (SSSR count). The molecule has 0 saturated carbocycles. The first-order chi connectivity index (χ1) is 34.7. The highest BCUT2D eigenvalue weighted by Crippen LogP contribution is 2.49. The molecule has 0 N–H and O–H groups in total. The number of ether oxygens (including phenoxy) is 3. The van der Waals surface area contributed by atoms with E-state index in [9.17, 15) is 62.3 Å². The lowest BCUT2D eigenvalue weighted by atomic mass is 9.97. The van der Waals surface area contributed by atoms with E-state index in [2.05, 4.69) is 61.3 Å². The van der Waals surface area contributed by atoms with Gasteiger partial charge in [0.25, 0.3) is 0 Å². The van der Waals surface area contributed by atoms with Crippen LogP contribution in [0, 0.1) is 0 Å². The number of benzene rings is 2. The molecule has 2 fully saturated rings. The van der Waals surface area contributed by atoms with Crippen LogP contribution in [0.4, 0.5) is 57.5 Å². The molecule has 0 aliphatic carbocycles. The number of halogens is 16. The van der Waals surface area contributed by atoms with Gasteiger partial charge in [-0.3, -0.25) is 4.79 Å². The van der Waals surface area contributed by atoms with Gasteiger partial charge >= 0.3 is 31.2 Å². The number of thiazole rings is 2. The van der Waals surface area contributed by atoms with E-state index in [1.165, 1.54) is 0 Å². The summed E-state index contributed by atoms with van der Waals surface area (Å²) < 4.78 is 171. The second kappa shape index (κ2) is 22.4. The molecule has 0 bridgehead atoms. The monoisotopic (exact) mass is 1270 g/mol. The van der Waals surface area contributed by atoms with E-state index < -0.39 is 68.3 Å². The maximum Gasteiger partial charge on any atom is 0.573 e. The highest BCUT2D eigenvalue weighted by molar-refractivity contribution is 9.10. The van der Waals surface area contributed by atoms with Crippen LogP contribution in [0.5, 0.6) is 11.5 Å². The first-order valence-electron chi connectivity index (χ1n) is 21.9. The smallest absolute Gasteiger partial charge is 0.444 e. The summed E-state index contributed by atoms with van der Waals surface area (Å²) >= 11 is 20.2. The molecule has 0 spiro atoms. The van der Waals surface area contributed by atoms with Crippen molar-refractivity contribution in [2.45, 2.75) is 95.5 Å². The van der Waals surface area contributed by atoms with Gasteiger partial charge in [-0.1, -0.05) is 55.1 Å². The summed E-state index contributed by atoms with van der Waals surface area (Å²) in [6, 6.07) is 6.82. The number of carbonyl (C=O) groups is 2. The van der Waals surface area contributed by atoms with Crippen molar-refractivity contribution in [2.75, 3.05) is 26.2 Å². The Labute approximate surface area is 452 Å². The Bertz CT molecular complexity index is 3060. The van der Waals surface area contributed by atoms with Gasteiger partial charge in [-0.05, 0) is 82.9 Å². The fourth-order valence-corrected chi connectivity index (χ4v) is 12.1. The molecule has 2 aliphatic heterocycles. The highest BCUT2D eigenvalue weighted by atomic mass is 79.9. The van der Waals surface area contributed by atoms with Gasteiger partial charge in [0.05, 0.1) is 16.3 Å². The van der Waals surface area contributed by atoms with Crippen LogP contribution < -0.4 is 9.47 Å². The van der Waals surface area contributed by atoms with Gasteiger partial charge in [0.1, 0.15) is 60.3 Å². The van der Waals surface area contributed by atoms with Gasteiger partial charge in [-0.15, -0.1) is 49.0 Å². The predicted molar refractivity (Wildman–Crippen MR) is 260 cm³/mol. The van der Waals surface area contributed by atoms with Gasteiger partial charge in [-0.2, -0.15) is 26.3 Å². The van der Waals surface area contributed by atoms with E-state index in [4.69, 9.17) is 27.9 Å². The molecule has 2 saturated heterocycles. The number of amides is 2. The summed E-state index contributed by atoms with van der Waals surface area (Å²) in [6.07, 6.45) is -15.9. The van der Waals surface area contributed by atoms with E-state index in [0.717, 1.165) is 34.8 Å². The number of aromatic nitrogens is 5. The first-order valence-corrected chi connectivity index (χ1v) is 25.9. The van der Waals surface area contributed by atoms with Gasteiger partial charge < -0.3 is 28.6 Å². The van der Waals surface area contributed by atoms with E-state index in [1.54, 1.807) is 59.8 Å². The Balaban J connectivity index is 0.000000221. The topological polar surface area (TPSA) is 125 Å². The van der Waals surface area contributed by atoms with Gasteiger partial charge in [-0.25, -0.2) is 24.7 Å². The quantitative estimate of drug-likeness (QED) is 0.137. The minimum atomic E-state index is -5.35. The Morgan fingerprint density at radius 1 is 0.680 bits per heavy atom. The van der Waals surface area contributed by atoms with Crippen molar-refractivity contribution < 1.29 is 76.5 Å². The average Bonchev–Trinajstić information content (AvgIpc) is 4.00. The van der Waals surface area contributed by atoms with Crippen LogP contribution in [-0.4, -0.2) is 90.8 Å². The zero-order valence-electron chi connectivity index (χ0n) is 38.7. The van der Waals surface area contributed by atoms with Crippen molar-refractivity contribution in [1.82, 2.24) is 34.3 Å². The molecule has 2 aliphatic rings. The number of imidazole rings is 1. The molecule has 6 heterocycles. The number of piperidine rings is 2. The Morgan fingerprint density at radius 2 is 1.12 bits per heavy atom. The van der Waals surface area contributed by atoms with Crippen molar-refractivity contribution in [3.8, 4) is 34.0 Å². The number of alkyl halides is 12. The number of likely N-dealkylation sites (tertiary alicyclic amines) is 2. The summed E-state index contributed by atoms with van der Waals surface area (Å²) in [5, 5.41) is 1.15. The van der Waals surface area contributed by atoms with Crippen LogP contribution in [0.15, 0.2) is 57.9 Å². The largest absolute Gasteiger partial charge is 0.573 e. The summed E-state index contributed by atoms with van der Waals surface area (Å²) in [5.74, 6) is -3.12. The Kier molecular flexibility index (Phi) is 17.3. The Hall–Kier alpha value is -4.64. The van der Waals surface area contributed by atoms with Crippen LogP contribution in [-0.2, 0) is 28.4 Å². The number of pyridine rings is 1. The van der Waals surface area contributed by atoms with Crippen LogP contribution >= 0.6 is 77.7 Å². The zero-order chi connectivity index (χ0) is 55.2. The van der Waals surface area contributed by atoms with Crippen molar-refractivity contribution >= 4 is 101 Å². The molecule has 12 nitrogen and oxygen atoms in total. The van der Waals surface area contributed by atoms with Crippen LogP contribution in [0.1, 0.15) is 79.4 Å². The van der Waals surface area contributed by atoms with Gasteiger partial charge in [0.15, 0.2) is 5.65 Å². The summed E-state index contributed by atoms with van der Waals surface area (Å²) in [6.45, 7) is 7.06. The van der Waals surface area contributed by atoms with Crippen LogP contribution in [0.25, 0.3) is 33.7 Å². The summed E-state index contributed by atoms with van der Waals surface area (Å²) in [7, 11) is 0. The standard InChI is InChI=1S/C24H17BrClF6N5O2S.C21H20BrClF6N2O3S/c25-14-8-13(9-16(39-24(30,31)32)18(14)23(27,28)29)19-20(26)40-22(35-19)12-3-6-36(7-4-12)17(38)10-37-11-34-15-2-1-5-33-21(15)37;1-19(2,3)34-18(32)31-6-4-10(5-7-31)17-30-15(16(23)35-17)11-8-12(22)14(20(24,25)26)13(9-11)33-21(27,28)29/h1-2,5,8-9,11-12H,3-4,6-7,10H2;8-10H,4-7H2,1-3H3. The van der Waals surface area contributed by atoms with Gasteiger partial charge in [0.2, 0.25) is 5.91 Å². The number of hydrogen-bond donors (Lipinski definition) is 0. The number of hydrogen-bond acceptors (Lipinski definition) is 11. The second-order valence-corrected chi connectivity index (χ2v) is 22.7. The number of carbonyl (C=O) groups excluding carboxylic acids is 2. The van der Waals surface area contributed by atoms with Crippen LogP contribution in [0.3, 0.4) is 0 Å². The number of nitrogens with zero attached hydrogens (tertiary/aromatic N) is 7. The van der Waals surface area contributed by atoms with E-state index in [1.807, 2.05) is 0 Å². The second-order valence-electron chi connectivity index (χ2n) is 17.7. The molecule has 406 valence electrons. The van der Waals surface area contributed by atoms with Crippen molar-refractivity contribution in [1.29, 1.82) is 0 Å². The lowest BCUT2D eigenvalue weighted by molar-refractivity contribution is -0.277. The van der Waals surface area contributed by atoms with Gasteiger partial charge in [0, 0.05) is 64.3 Å². The third-order valence-corrected chi connectivity index (χ3v) is 15.3. The molecular formula is C45H37Br2Cl2F12N7O5S2. The average molecular weight is 1280 g/mol. The molecule has 30 heteroatoms. The molecule has 4 aromatic heterocycles. The molecular weight excluding hydrogens is 1240 g/mol. The molecule has 2 amide bonds. The molecule has 75 heavy (non-hydrogen) atoms. The maximum atomic E-state index is 13.5. The van der Waals surface area contributed by atoms with E-state index in [-0.39, 0.29) is 55.5 Å². The molecule has 2 aromatic carbocycles. The number of fused-ring (bicyclic) bond motifs is 1. The lowest BCUT2D eigenvalue weighted by Gasteiger charge is -2.32. The SMILES string of the molecule is CC(C)(C)OC(=O)N1CCC(c2nc(-c3cc(Br)c(C(F)(F)F)c(OC(F)(F)F)c3)c(Cl)s2)CC1.O=C(Cn1cnc2cccnc21)N1CCC(c2nc(-c3cc(Br)c(C(F)(F)F)c(OC(F)(F)F)c3)c(Cl)s2)CC1. The van der Waals surface area contributed by atoms with E-state index >= 15 is 0 Å². The maximum absolute atomic E-state index is 13.5. The molecule has 0 radical (unpaired) electrons. The summed E-state index contributed by atoms with van der Waals surface area (Å²) in [4.78, 5) is 45.8. The normalized spacial score (nSPS) is 15.5. The van der Waals surface area contributed by atoms with Crippen LogP contribution in [0.2, 0.25) is 8.67 Å². The minimum absolute atomic E-state index is 0.0427. The predicted octanol–water partition coefficient (Wildman–Crippen LogP) is 15.6. The molecule has 0 atom stereocenters. The Morgan fingerprint density at radius 3 is 1.53 bits per heavy atom. The third-order valence-electron chi connectivity index (χ3n) is 11.3. The zero-order valence-corrected chi connectivity index (χ0v) is 45.0. The third kappa shape index (κ3) is 14.7. The summed E-state index contributed by atoms with van der Waals surface area (Å²) in [5.41, 5.74) is -2.59. The van der Waals surface area contributed by atoms with E-state index in [0.29, 0.717) is 85.2 Å². The van der Waals surface area contributed by atoms with Crippen molar-refractivity contribution in [2.24, 2.45) is 0 Å². The first kappa shape index (κ1) is 58.1. The fraction of sp³-hybridized carbons (Fsp3) is 0.422. The van der Waals surface area contributed by atoms with Crippen molar-refractivity contribution in [3.63, 3.8) is 0 Å².